The fourth-order valence-electron chi connectivity index (χ4n) is 1.12. The van der Waals surface area contributed by atoms with Crippen LogP contribution in [0.3, 0.4) is 0 Å². The maximum absolute atomic E-state index is 2.62. The van der Waals surface area contributed by atoms with E-state index in [4.69, 9.17) is 0 Å². The summed E-state index contributed by atoms with van der Waals surface area (Å²) in [6, 6.07) is 0. The maximum atomic E-state index is 2.62. The van der Waals surface area contributed by atoms with Gasteiger partial charge in [0.15, 0.2) is 0 Å². The van der Waals surface area contributed by atoms with E-state index in [1.54, 1.807) is 0 Å². The van der Waals surface area contributed by atoms with Gasteiger partial charge in [0.25, 0.3) is 0 Å². The van der Waals surface area contributed by atoms with Gasteiger partial charge in [-0.3, -0.25) is 0 Å². The molecule has 0 aromatic carbocycles. The van der Waals surface area contributed by atoms with Crippen LogP contribution >= 0.6 is 0 Å². The predicted molar refractivity (Wildman–Crippen MR) is 294 cm³/mol. The first-order chi connectivity index (χ1) is 13.0. The minimum Gasteiger partial charge on any atom is -0.0776 e. The molecule has 0 radical (unpaired) electrons. The summed E-state index contributed by atoms with van der Waals surface area (Å²) in [6.45, 7) is 59.5. The van der Waals surface area contributed by atoms with Crippen LogP contribution in [0.25, 0.3) is 0 Å². The second-order valence-corrected chi connectivity index (χ2v) is 90.4. The zero-order valence-electron chi connectivity index (χ0n) is 28.0. The fraction of sp³-hybridized carbons (Fsp3) is 1.00. The molecule has 0 N–H and O–H groups in total. The molecular weight excluding hydrogens is 705 g/mol. The molecule has 0 rings (SSSR count). The first-order valence-electron chi connectivity index (χ1n) is 13.0. The summed E-state index contributed by atoms with van der Waals surface area (Å²) in [6.07, 6.45) is 0. The van der Waals surface area contributed by atoms with E-state index in [1.807, 2.05) is 0 Å². The highest BCUT2D eigenvalue weighted by molar-refractivity contribution is 7.68. The van der Waals surface area contributed by atoms with E-state index in [2.05, 4.69) is 157 Å². The Kier molecular flexibility index (Phi) is 125. The molecule has 0 amide bonds. The van der Waals surface area contributed by atoms with Crippen molar-refractivity contribution in [3.63, 3.8) is 0 Å². The van der Waals surface area contributed by atoms with E-state index in [-0.39, 0.29) is 119 Å². The molecule has 0 atom stereocenters. The summed E-state index contributed by atoms with van der Waals surface area (Å²) in [5, 5.41) is 0. The van der Waals surface area contributed by atoms with Crippen molar-refractivity contribution in [3.05, 3.63) is 0 Å². The third kappa shape index (κ3) is 73.2. The highest BCUT2D eigenvalue weighted by atomic mass is 29.6. The van der Waals surface area contributed by atoms with Crippen LogP contribution in [-0.2, 0) is 0 Å². The maximum Gasteiger partial charge on any atom is 0.0411 e. The van der Waals surface area contributed by atoms with Crippen molar-refractivity contribution in [2.24, 2.45) is 0 Å². The van der Waals surface area contributed by atoms with Gasteiger partial charge >= 0.3 is 0 Å². The lowest BCUT2D eigenvalue weighted by Crippen LogP contribution is -2.67. The summed E-state index contributed by atoms with van der Waals surface area (Å²) in [7, 11) is -5.96. The van der Waals surface area contributed by atoms with Crippen LogP contribution in [0.1, 0.15) is 119 Å². The Hall–Kier alpha value is 1.74. The van der Waals surface area contributed by atoms with Crippen molar-refractivity contribution in [2.75, 3.05) is 0 Å². The summed E-state index contributed by atoms with van der Waals surface area (Å²) in [4.78, 5) is 0. The predicted octanol–water partition coefficient (Wildman–Crippen LogP) is 21.1. The molecule has 0 aliphatic heterocycles. The third-order valence-corrected chi connectivity index (χ3v) is 87.8. The van der Waals surface area contributed by atoms with Gasteiger partial charge in [0, 0.05) is 60.7 Å². The average molecular weight is 842 g/mol. The Balaban J connectivity index is -0.0000000111. The zero-order chi connectivity index (χ0) is 28.0. The van der Waals surface area contributed by atoms with Gasteiger partial charge in [0.2, 0.25) is 0 Å². The molecule has 0 heterocycles. The molecule has 0 bridgehead atoms. The Labute approximate surface area is 334 Å². The first-order valence-corrected chi connectivity index (χ1v) is 45.0. The molecule has 0 aromatic rings. The van der Waals surface area contributed by atoms with Crippen molar-refractivity contribution in [2.45, 2.75) is 276 Å². The summed E-state index contributed by atoms with van der Waals surface area (Å²) < 4.78 is 0. The van der Waals surface area contributed by atoms with Crippen molar-refractivity contribution in [3.8, 4) is 0 Å². The van der Waals surface area contributed by atoms with Gasteiger partial charge in [0.1, 0.15) is 0 Å². The summed E-state index contributed by atoms with van der Waals surface area (Å²) in [5.74, 6) is 0. The zero-order valence-corrected chi connectivity index (χ0v) is 36.0. The third-order valence-electron chi connectivity index (χ3n) is 8.25. The topological polar surface area (TPSA) is 0 Å². The second-order valence-electron chi connectivity index (χ2n) is 18.1. The van der Waals surface area contributed by atoms with E-state index >= 15 is 0 Å². The lowest BCUT2D eigenvalue weighted by atomic mass is 11.8. The molecule has 0 unspecified atom stereocenters. The van der Waals surface area contributed by atoms with Gasteiger partial charge < -0.3 is 0 Å². The fourth-order valence-corrected chi connectivity index (χ4v) is 30.4. The van der Waals surface area contributed by atoms with Crippen molar-refractivity contribution in [1.29, 1.82) is 0 Å². The Morgan fingerprint density at radius 2 is 0.208 bits per heavy atom. The first kappa shape index (κ1) is 134. The van der Waals surface area contributed by atoms with Crippen LogP contribution in [0.5, 0.6) is 0 Å². The Bertz CT molecular complexity index is 427. The van der Waals surface area contributed by atoms with Crippen molar-refractivity contribution in [1.82, 2.24) is 0 Å². The molecule has 0 aliphatic rings. The van der Waals surface area contributed by atoms with Crippen LogP contribution in [0, 0.1) is 0 Å². The number of hydrogen-bond donors (Lipinski definition) is 0. The van der Waals surface area contributed by atoms with E-state index < -0.39 is 60.7 Å². The van der Waals surface area contributed by atoms with E-state index in [0.717, 1.165) is 0 Å². The molecule has 0 aromatic heterocycles. The van der Waals surface area contributed by atoms with Gasteiger partial charge in [-0.25, -0.2) is 0 Å². The van der Waals surface area contributed by atoms with Crippen LogP contribution in [0.4, 0.5) is 0 Å². The smallest absolute Gasteiger partial charge is 0.0411 e. The number of hydrogen-bond acceptors (Lipinski definition) is 0. The lowest BCUT2D eigenvalue weighted by Gasteiger charge is -2.45. The molecule has 0 fully saturated rings. The molecule has 328 valence electrons. The standard InChI is InChI=1S/C8H24Si3.2C6H18Si2.C4H12Si.16CH4/c1-9(2,3)11(7,8)10(4,5)6;2*1-7(2,3)8(4,5)6;1-5(2,3)4;;;;;;;;;;;;;;;;/h1-8H3;2*1-6H3;1-4H3;16*1H4. The Morgan fingerprint density at radius 3 is 0.208 bits per heavy atom. The minimum absolute atomic E-state index is 0. The monoisotopic (exact) mass is 841 g/mol. The SMILES string of the molecule is C.C.C.C.C.C.C.C.C.C.C.C.C.C.C.C.C[Si](C)(C)C.C[Si](C)(C)[Si](C)(C)C.C[Si](C)(C)[Si](C)(C)C.C[Si](C)(C)[Si](C)(C)[Si](C)(C)C. The largest absolute Gasteiger partial charge is 0.0776 e. The van der Waals surface area contributed by atoms with Gasteiger partial charge in [0.05, 0.1) is 0 Å². The summed E-state index contributed by atoms with van der Waals surface area (Å²) >= 11 is 0. The van der Waals surface area contributed by atoms with E-state index in [0.29, 0.717) is 0 Å². The van der Waals surface area contributed by atoms with E-state index in [9.17, 15) is 0 Å². The minimum atomic E-state index is -0.829. The van der Waals surface area contributed by atoms with Crippen LogP contribution in [0.15, 0.2) is 0 Å². The van der Waals surface area contributed by atoms with Gasteiger partial charge in [-0.2, -0.15) is 0 Å². The molecule has 0 spiro atoms. The summed E-state index contributed by atoms with van der Waals surface area (Å²) in [5.41, 5.74) is 0. The molecule has 0 saturated carbocycles. The lowest BCUT2D eigenvalue weighted by molar-refractivity contribution is 1.71. The van der Waals surface area contributed by atoms with Gasteiger partial charge in [-0.05, 0) is 0 Å². The van der Waals surface area contributed by atoms with E-state index in [1.165, 1.54) is 0 Å². The molecule has 0 saturated heterocycles. The van der Waals surface area contributed by atoms with Crippen LogP contribution in [0.2, 0.25) is 157 Å². The second kappa shape index (κ2) is 44.9. The molecule has 8 heteroatoms. The normalized spacial score (nSPS) is 9.50. The van der Waals surface area contributed by atoms with Crippen molar-refractivity contribution >= 4 is 60.7 Å². The number of rotatable bonds is 4. The highest BCUT2D eigenvalue weighted by Gasteiger charge is 2.46. The van der Waals surface area contributed by atoms with Gasteiger partial charge in [-0.1, -0.05) is 276 Å². The average Bonchev–Trinajstić information content (AvgIpc) is 2.29. The van der Waals surface area contributed by atoms with Crippen molar-refractivity contribution < 1.29 is 0 Å². The van der Waals surface area contributed by atoms with Gasteiger partial charge in [-0.15, -0.1) is 0 Å². The molecular formula is C40H136Si8. The Morgan fingerprint density at radius 1 is 0.146 bits per heavy atom. The van der Waals surface area contributed by atoms with Crippen LogP contribution in [-0.4, -0.2) is 60.7 Å². The van der Waals surface area contributed by atoms with Crippen LogP contribution < -0.4 is 0 Å². The molecule has 0 aliphatic carbocycles. The quantitative estimate of drug-likeness (QED) is 0.247. The molecule has 0 nitrogen and oxygen atoms in total. The molecule has 48 heavy (non-hydrogen) atoms. The highest BCUT2D eigenvalue weighted by Crippen LogP contribution is 2.28.